The lowest BCUT2D eigenvalue weighted by Crippen LogP contribution is -2.39. The van der Waals surface area contributed by atoms with Gasteiger partial charge in [0.05, 0.1) is 0 Å². The first kappa shape index (κ1) is 20.4. The zero-order chi connectivity index (χ0) is 19.9. The standard InChI is InChI=1S/C23H27ClN2O2/c1-17-2-6-20(7-3-17)23(28)26-14-11-19(12-15-26)16-22(27)25-13-10-18-4-8-21(24)9-5-18/h2-9,19H,10-16H2,1H3,(H,25,27). The van der Waals surface area contributed by atoms with Gasteiger partial charge in [0, 0.05) is 36.6 Å². The summed E-state index contributed by atoms with van der Waals surface area (Å²) in [5, 5.41) is 3.73. The topological polar surface area (TPSA) is 49.4 Å². The number of amides is 2. The van der Waals surface area contributed by atoms with Crippen molar-refractivity contribution in [1.29, 1.82) is 0 Å². The molecule has 1 fully saturated rings. The van der Waals surface area contributed by atoms with Crippen LogP contribution in [0.15, 0.2) is 48.5 Å². The SMILES string of the molecule is Cc1ccc(C(=O)N2CCC(CC(=O)NCCc3ccc(Cl)cc3)CC2)cc1. The van der Waals surface area contributed by atoms with Gasteiger partial charge < -0.3 is 10.2 Å². The first-order chi connectivity index (χ1) is 13.5. The molecule has 3 rings (SSSR count). The smallest absolute Gasteiger partial charge is 0.253 e. The van der Waals surface area contributed by atoms with E-state index in [4.69, 9.17) is 11.6 Å². The zero-order valence-corrected chi connectivity index (χ0v) is 17.0. The summed E-state index contributed by atoms with van der Waals surface area (Å²) in [6.07, 6.45) is 3.09. The van der Waals surface area contributed by atoms with E-state index in [1.54, 1.807) is 0 Å². The third kappa shape index (κ3) is 5.83. The van der Waals surface area contributed by atoms with Crippen LogP contribution < -0.4 is 5.32 Å². The van der Waals surface area contributed by atoms with Crippen LogP contribution >= 0.6 is 11.6 Å². The molecule has 0 bridgehead atoms. The Balaban J connectivity index is 1.37. The number of halogens is 1. The average Bonchev–Trinajstić information content (AvgIpc) is 2.70. The van der Waals surface area contributed by atoms with Crippen LogP contribution in [0.4, 0.5) is 0 Å². The summed E-state index contributed by atoms with van der Waals surface area (Å²) in [6.45, 7) is 4.08. The molecule has 2 amide bonds. The van der Waals surface area contributed by atoms with Gasteiger partial charge in [-0.3, -0.25) is 9.59 Å². The molecule has 2 aromatic rings. The predicted octanol–water partition coefficient (Wildman–Crippen LogP) is 4.25. The van der Waals surface area contributed by atoms with Crippen molar-refractivity contribution in [2.24, 2.45) is 5.92 Å². The van der Waals surface area contributed by atoms with Gasteiger partial charge in [-0.05, 0) is 61.9 Å². The molecule has 0 aliphatic carbocycles. The van der Waals surface area contributed by atoms with E-state index in [1.165, 1.54) is 0 Å². The molecule has 4 nitrogen and oxygen atoms in total. The summed E-state index contributed by atoms with van der Waals surface area (Å²) < 4.78 is 0. The number of hydrogen-bond donors (Lipinski definition) is 1. The summed E-state index contributed by atoms with van der Waals surface area (Å²) in [5.74, 6) is 0.528. The molecule has 5 heteroatoms. The molecule has 1 saturated heterocycles. The molecule has 0 aromatic heterocycles. The monoisotopic (exact) mass is 398 g/mol. The Bertz CT molecular complexity index is 794. The molecule has 1 aliphatic rings. The summed E-state index contributed by atoms with van der Waals surface area (Å²) >= 11 is 5.88. The van der Waals surface area contributed by atoms with Crippen molar-refractivity contribution >= 4 is 23.4 Å². The highest BCUT2D eigenvalue weighted by Crippen LogP contribution is 2.22. The molecule has 0 spiro atoms. The predicted molar refractivity (Wildman–Crippen MR) is 113 cm³/mol. The molecule has 0 unspecified atom stereocenters. The molecule has 1 N–H and O–H groups in total. The normalized spacial score (nSPS) is 14.7. The second-order valence-corrected chi connectivity index (χ2v) is 7.97. The zero-order valence-electron chi connectivity index (χ0n) is 16.3. The average molecular weight is 399 g/mol. The first-order valence-electron chi connectivity index (χ1n) is 9.88. The molecular weight excluding hydrogens is 372 g/mol. The fourth-order valence-electron chi connectivity index (χ4n) is 3.55. The van der Waals surface area contributed by atoms with Crippen LogP contribution in [-0.2, 0) is 11.2 Å². The Labute approximate surface area is 171 Å². The lowest BCUT2D eigenvalue weighted by molar-refractivity contribution is -0.122. The number of carbonyl (C=O) groups is 2. The molecule has 2 aromatic carbocycles. The number of aryl methyl sites for hydroxylation is 1. The minimum atomic E-state index is 0.0888. The van der Waals surface area contributed by atoms with E-state index in [0.29, 0.717) is 18.9 Å². The third-order valence-electron chi connectivity index (χ3n) is 5.32. The number of rotatable bonds is 6. The van der Waals surface area contributed by atoms with E-state index in [0.717, 1.165) is 54.1 Å². The Morgan fingerprint density at radius 3 is 2.32 bits per heavy atom. The fraction of sp³-hybridized carbons (Fsp3) is 0.391. The van der Waals surface area contributed by atoms with Crippen molar-refractivity contribution in [2.45, 2.75) is 32.6 Å². The number of hydrogen-bond acceptors (Lipinski definition) is 2. The van der Waals surface area contributed by atoms with Crippen molar-refractivity contribution in [3.05, 3.63) is 70.2 Å². The van der Waals surface area contributed by atoms with Gasteiger partial charge in [-0.1, -0.05) is 41.4 Å². The Morgan fingerprint density at radius 1 is 1.04 bits per heavy atom. The Hall–Kier alpha value is -2.33. The van der Waals surface area contributed by atoms with E-state index < -0.39 is 0 Å². The number of carbonyl (C=O) groups excluding carboxylic acids is 2. The number of likely N-dealkylation sites (tertiary alicyclic amines) is 1. The molecular formula is C23H27ClN2O2. The number of nitrogens with zero attached hydrogens (tertiary/aromatic N) is 1. The first-order valence-corrected chi connectivity index (χ1v) is 10.3. The molecule has 28 heavy (non-hydrogen) atoms. The maximum absolute atomic E-state index is 12.6. The van der Waals surface area contributed by atoms with E-state index in [9.17, 15) is 9.59 Å². The van der Waals surface area contributed by atoms with Crippen LogP contribution in [-0.4, -0.2) is 36.3 Å². The Kier molecular flexibility index (Phi) is 7.10. The highest BCUT2D eigenvalue weighted by Gasteiger charge is 2.25. The highest BCUT2D eigenvalue weighted by molar-refractivity contribution is 6.30. The van der Waals surface area contributed by atoms with Gasteiger partial charge in [0.15, 0.2) is 0 Å². The molecule has 1 heterocycles. The Morgan fingerprint density at radius 2 is 1.68 bits per heavy atom. The summed E-state index contributed by atoms with van der Waals surface area (Å²) in [4.78, 5) is 26.7. The van der Waals surface area contributed by atoms with Crippen LogP contribution in [0.5, 0.6) is 0 Å². The van der Waals surface area contributed by atoms with Crippen LogP contribution in [0.1, 0.15) is 40.7 Å². The molecule has 0 atom stereocenters. The summed E-state index contributed by atoms with van der Waals surface area (Å²) in [6, 6.07) is 15.4. The summed E-state index contributed by atoms with van der Waals surface area (Å²) in [7, 11) is 0. The lowest BCUT2D eigenvalue weighted by atomic mass is 9.92. The van der Waals surface area contributed by atoms with Crippen molar-refractivity contribution in [3.63, 3.8) is 0 Å². The van der Waals surface area contributed by atoms with Gasteiger partial charge in [0.25, 0.3) is 5.91 Å². The van der Waals surface area contributed by atoms with Crippen molar-refractivity contribution < 1.29 is 9.59 Å². The number of nitrogens with one attached hydrogen (secondary N) is 1. The van der Waals surface area contributed by atoms with Crippen LogP contribution in [0.3, 0.4) is 0 Å². The van der Waals surface area contributed by atoms with Gasteiger partial charge >= 0.3 is 0 Å². The van der Waals surface area contributed by atoms with Crippen molar-refractivity contribution in [1.82, 2.24) is 10.2 Å². The van der Waals surface area contributed by atoms with Crippen molar-refractivity contribution in [3.8, 4) is 0 Å². The summed E-state index contributed by atoms with van der Waals surface area (Å²) in [5.41, 5.74) is 3.05. The van der Waals surface area contributed by atoms with Crippen LogP contribution in [0, 0.1) is 12.8 Å². The van der Waals surface area contributed by atoms with Gasteiger partial charge in [-0.15, -0.1) is 0 Å². The number of benzene rings is 2. The van der Waals surface area contributed by atoms with Crippen molar-refractivity contribution in [2.75, 3.05) is 19.6 Å². The van der Waals surface area contributed by atoms with Gasteiger partial charge in [0.1, 0.15) is 0 Å². The maximum Gasteiger partial charge on any atom is 0.253 e. The van der Waals surface area contributed by atoms with Gasteiger partial charge in [-0.2, -0.15) is 0 Å². The molecule has 1 aliphatic heterocycles. The molecule has 0 saturated carbocycles. The minimum absolute atomic E-state index is 0.0888. The largest absolute Gasteiger partial charge is 0.356 e. The third-order valence-corrected chi connectivity index (χ3v) is 5.58. The highest BCUT2D eigenvalue weighted by atomic mass is 35.5. The second kappa shape index (κ2) is 9.74. The van der Waals surface area contributed by atoms with Crippen LogP contribution in [0.25, 0.3) is 0 Å². The van der Waals surface area contributed by atoms with Gasteiger partial charge in [-0.25, -0.2) is 0 Å². The minimum Gasteiger partial charge on any atom is -0.356 e. The van der Waals surface area contributed by atoms with Gasteiger partial charge in [0.2, 0.25) is 5.91 Å². The van der Waals surface area contributed by atoms with E-state index in [2.05, 4.69) is 5.32 Å². The maximum atomic E-state index is 12.6. The van der Waals surface area contributed by atoms with E-state index >= 15 is 0 Å². The van der Waals surface area contributed by atoms with E-state index in [1.807, 2.05) is 60.4 Å². The second-order valence-electron chi connectivity index (χ2n) is 7.53. The lowest BCUT2D eigenvalue weighted by Gasteiger charge is -2.31. The molecule has 0 radical (unpaired) electrons. The number of piperidine rings is 1. The van der Waals surface area contributed by atoms with E-state index in [-0.39, 0.29) is 11.8 Å². The quantitative estimate of drug-likeness (QED) is 0.790. The fourth-order valence-corrected chi connectivity index (χ4v) is 3.68. The molecule has 148 valence electrons. The van der Waals surface area contributed by atoms with Crippen LogP contribution in [0.2, 0.25) is 5.02 Å².